The summed E-state index contributed by atoms with van der Waals surface area (Å²) in [6, 6.07) is 4.40. The van der Waals surface area contributed by atoms with E-state index in [0.717, 1.165) is 19.3 Å². The Kier molecular flexibility index (Phi) is 11.1. The Morgan fingerprint density at radius 3 is 2.48 bits per heavy atom. The molecule has 33 heavy (non-hydrogen) atoms. The summed E-state index contributed by atoms with van der Waals surface area (Å²) < 4.78 is 32.3. The lowest BCUT2D eigenvalue weighted by Crippen LogP contribution is -2.62. The number of ether oxygens (including phenoxy) is 1. The molecule has 0 unspecified atom stereocenters. The smallest absolute Gasteiger partial charge is 0.266 e. The number of rotatable bonds is 10. The first-order chi connectivity index (χ1) is 15.4. The minimum atomic E-state index is -3.91. The van der Waals surface area contributed by atoms with Gasteiger partial charge in [0, 0.05) is 49.6 Å². The molecule has 0 aromatic carbocycles. The molecule has 190 valence electrons. The normalized spacial score (nSPS) is 20.3. The van der Waals surface area contributed by atoms with Crippen LogP contribution in [0, 0.1) is 0 Å². The highest BCUT2D eigenvalue weighted by atomic mass is 35.5. The van der Waals surface area contributed by atoms with Crippen LogP contribution in [0.3, 0.4) is 0 Å². The largest absolute Gasteiger partial charge is 0.383 e. The fraction of sp³-hybridized carbons (Fsp3) is 0.773. The molecule has 1 aromatic heterocycles. The number of likely N-dealkylation sites (tertiary alicyclic amines) is 1. The summed E-state index contributed by atoms with van der Waals surface area (Å²) in [7, 11) is -2.28. The lowest BCUT2D eigenvalue weighted by molar-refractivity contribution is -0.133. The first-order valence-electron chi connectivity index (χ1n) is 11.6. The van der Waals surface area contributed by atoms with Gasteiger partial charge in [-0.1, -0.05) is 13.3 Å². The molecule has 0 spiro atoms. The molecule has 8 nitrogen and oxygen atoms in total. The molecule has 2 aliphatic rings. The van der Waals surface area contributed by atoms with Crippen LogP contribution in [0.15, 0.2) is 12.1 Å². The first-order valence-corrected chi connectivity index (χ1v) is 13.9. The van der Waals surface area contributed by atoms with Crippen LogP contribution >= 0.6 is 23.7 Å². The number of amides is 1. The van der Waals surface area contributed by atoms with Gasteiger partial charge in [0.1, 0.15) is 0 Å². The molecule has 0 aliphatic carbocycles. The third-order valence-corrected chi connectivity index (χ3v) is 10.9. The van der Waals surface area contributed by atoms with Gasteiger partial charge < -0.3 is 9.64 Å². The number of sulfonamides is 1. The number of halogens is 1. The molecule has 3 heterocycles. The van der Waals surface area contributed by atoms with Gasteiger partial charge in [-0.25, -0.2) is 18.2 Å². The van der Waals surface area contributed by atoms with E-state index >= 15 is 0 Å². The number of methoxy groups -OCH3 is 1. The molecular formula is C22H38ClN3O5S2. The number of unbranched alkanes of at least 4 members (excludes halogenated alkanes) is 1. The number of nitrogens with zero attached hydrogens (tertiary/aromatic N) is 2. The van der Waals surface area contributed by atoms with Crippen LogP contribution in [0.5, 0.6) is 0 Å². The second-order valence-electron chi connectivity index (χ2n) is 8.86. The number of nitrogens with one attached hydrogen (secondary N) is 1. The number of hydroxylamine groups is 1. The van der Waals surface area contributed by atoms with E-state index in [2.05, 4.69) is 24.0 Å². The highest BCUT2D eigenvalue weighted by Crippen LogP contribution is 2.38. The van der Waals surface area contributed by atoms with Crippen LogP contribution in [0.25, 0.3) is 0 Å². The summed E-state index contributed by atoms with van der Waals surface area (Å²) >= 11 is 1.85. The molecule has 3 rings (SSSR count). The van der Waals surface area contributed by atoms with E-state index in [9.17, 15) is 18.4 Å². The Balaban J connectivity index is 0.00000385. The molecule has 2 saturated heterocycles. The molecule has 11 heteroatoms. The third kappa shape index (κ3) is 6.28. The van der Waals surface area contributed by atoms with Gasteiger partial charge in [0.2, 0.25) is 10.0 Å². The molecule has 0 bridgehead atoms. The van der Waals surface area contributed by atoms with E-state index in [0.29, 0.717) is 45.2 Å². The maximum atomic E-state index is 13.7. The van der Waals surface area contributed by atoms with Crippen molar-refractivity contribution in [2.24, 2.45) is 0 Å². The number of piperidine rings is 2. The van der Waals surface area contributed by atoms with Crippen LogP contribution in [0.2, 0.25) is 0 Å². The minimum Gasteiger partial charge on any atom is -0.383 e. The topological polar surface area (TPSA) is 99.2 Å². The fourth-order valence-electron chi connectivity index (χ4n) is 4.79. The number of carbonyl (C=O) groups is 1. The van der Waals surface area contributed by atoms with Gasteiger partial charge in [-0.2, -0.15) is 0 Å². The zero-order valence-corrected chi connectivity index (χ0v) is 22.1. The highest BCUT2D eigenvalue weighted by Gasteiger charge is 2.55. The highest BCUT2D eigenvalue weighted by molar-refractivity contribution is 7.91. The Labute approximate surface area is 208 Å². The van der Waals surface area contributed by atoms with Crippen LogP contribution in [-0.4, -0.2) is 79.9 Å². The number of aryl methyl sites for hydroxylation is 1. The van der Waals surface area contributed by atoms with Crippen molar-refractivity contribution in [1.82, 2.24) is 14.7 Å². The van der Waals surface area contributed by atoms with Crippen molar-refractivity contribution in [3.8, 4) is 0 Å². The summed E-state index contributed by atoms with van der Waals surface area (Å²) in [5, 5.41) is 9.36. The lowest BCUT2D eigenvalue weighted by atomic mass is 9.95. The Bertz CT molecular complexity index is 848. The third-order valence-electron chi connectivity index (χ3n) is 6.94. The number of hydrogen-bond acceptors (Lipinski definition) is 7. The summed E-state index contributed by atoms with van der Waals surface area (Å²) in [4.78, 5) is 17.5. The molecule has 2 N–H and O–H groups in total. The number of thiophene rings is 1. The summed E-state index contributed by atoms with van der Waals surface area (Å²) in [6.07, 6.45) is 5.31. The molecule has 1 amide bonds. The monoisotopic (exact) mass is 523 g/mol. The van der Waals surface area contributed by atoms with Crippen molar-refractivity contribution in [1.29, 1.82) is 0 Å². The summed E-state index contributed by atoms with van der Waals surface area (Å²) in [5.41, 5.74) is 1.65. The average molecular weight is 524 g/mol. The van der Waals surface area contributed by atoms with Gasteiger partial charge in [-0.15, -0.1) is 23.7 Å². The van der Waals surface area contributed by atoms with Crippen molar-refractivity contribution >= 4 is 39.7 Å². The van der Waals surface area contributed by atoms with Crippen molar-refractivity contribution in [2.45, 2.75) is 62.5 Å². The quantitative estimate of drug-likeness (QED) is 0.361. The van der Waals surface area contributed by atoms with Crippen LogP contribution in [0.4, 0.5) is 0 Å². The zero-order chi connectivity index (χ0) is 23.2. The molecule has 2 aliphatic heterocycles. The molecular weight excluding hydrogens is 486 g/mol. The van der Waals surface area contributed by atoms with E-state index in [1.165, 1.54) is 26.9 Å². The number of hydrogen-bond donors (Lipinski definition) is 2. The van der Waals surface area contributed by atoms with E-state index in [-0.39, 0.29) is 25.2 Å². The van der Waals surface area contributed by atoms with Crippen LogP contribution < -0.4 is 5.48 Å². The van der Waals surface area contributed by atoms with E-state index < -0.39 is 20.7 Å². The fourth-order valence-corrected chi connectivity index (χ4v) is 8.18. The SMILES string of the molecule is CCCCc1ccc(C2CCN(S(=O)(=O)C3(C(=O)NO)CCN(CCOC)CC3)CC2)s1.Cl. The van der Waals surface area contributed by atoms with Gasteiger partial charge in [0.15, 0.2) is 4.75 Å². The van der Waals surface area contributed by atoms with Gasteiger partial charge >= 0.3 is 0 Å². The van der Waals surface area contributed by atoms with Crippen LogP contribution in [0.1, 0.15) is 61.1 Å². The van der Waals surface area contributed by atoms with Crippen molar-refractivity contribution in [3.63, 3.8) is 0 Å². The lowest BCUT2D eigenvalue weighted by Gasteiger charge is -2.43. The van der Waals surface area contributed by atoms with Crippen molar-refractivity contribution in [3.05, 3.63) is 21.9 Å². The standard InChI is InChI=1S/C22H37N3O5S2.ClH/c1-3-4-5-19-6-7-20(31-19)18-8-12-25(13-9-18)32(28,29)22(21(26)23-27)10-14-24(15-11-22)16-17-30-2;/h6-7,18,27H,3-5,8-17H2,1-2H3,(H,23,26);1H. The van der Waals surface area contributed by atoms with Gasteiger partial charge in [-0.05, 0) is 56.6 Å². The first kappa shape index (κ1) is 28.5. The van der Waals surface area contributed by atoms with E-state index in [1.807, 2.05) is 11.3 Å². The molecule has 2 fully saturated rings. The second-order valence-corrected chi connectivity index (χ2v) is 12.3. The predicted molar refractivity (Wildman–Crippen MR) is 133 cm³/mol. The minimum absolute atomic E-state index is 0. The van der Waals surface area contributed by atoms with Gasteiger partial charge in [0.25, 0.3) is 5.91 Å². The number of carbonyl (C=O) groups excluding carboxylic acids is 1. The molecule has 0 atom stereocenters. The molecule has 0 saturated carbocycles. The van der Waals surface area contributed by atoms with Crippen LogP contribution in [-0.2, 0) is 26.0 Å². The van der Waals surface area contributed by atoms with E-state index in [4.69, 9.17) is 4.74 Å². The Morgan fingerprint density at radius 2 is 1.91 bits per heavy atom. The maximum absolute atomic E-state index is 13.7. The van der Waals surface area contributed by atoms with Gasteiger partial charge in [-0.3, -0.25) is 10.0 Å². The Hall–Kier alpha value is -0.750. The van der Waals surface area contributed by atoms with Gasteiger partial charge in [0.05, 0.1) is 6.61 Å². The van der Waals surface area contributed by atoms with Crippen molar-refractivity contribution in [2.75, 3.05) is 46.4 Å². The second kappa shape index (κ2) is 12.8. The van der Waals surface area contributed by atoms with Crippen molar-refractivity contribution < 1.29 is 23.2 Å². The average Bonchev–Trinajstić information content (AvgIpc) is 3.30. The summed E-state index contributed by atoms with van der Waals surface area (Å²) in [6.45, 7) is 5.20. The van der Waals surface area contributed by atoms with E-state index in [1.54, 1.807) is 12.6 Å². The zero-order valence-electron chi connectivity index (χ0n) is 19.6. The molecule has 1 aromatic rings. The molecule has 0 radical (unpaired) electrons. The maximum Gasteiger partial charge on any atom is 0.266 e. The Morgan fingerprint density at radius 1 is 1.24 bits per heavy atom. The predicted octanol–water partition coefficient (Wildman–Crippen LogP) is 3.01. The summed E-state index contributed by atoms with van der Waals surface area (Å²) in [5.74, 6) is -0.454.